The number of carbonyl (C=O) groups excluding carboxylic acids is 1. The van der Waals surface area contributed by atoms with Crippen LogP contribution in [0.15, 0.2) is 21.9 Å². The van der Waals surface area contributed by atoms with E-state index in [9.17, 15) is 14.4 Å². The first kappa shape index (κ1) is 16.9. The zero-order valence-electron chi connectivity index (χ0n) is 12.2. The normalized spacial score (nSPS) is 10.9. The van der Waals surface area contributed by atoms with Crippen molar-refractivity contribution in [3.05, 3.63) is 38.7 Å². The van der Waals surface area contributed by atoms with Crippen LogP contribution in [0.25, 0.3) is 6.08 Å². The van der Waals surface area contributed by atoms with Crippen LogP contribution in [0.3, 0.4) is 0 Å². The molecule has 7 heteroatoms. The Kier molecular flexibility index (Phi) is 7.81. The fourth-order valence-electron chi connectivity index (χ4n) is 1.76. The number of nitrogens with one attached hydrogen (secondary N) is 4. The quantitative estimate of drug-likeness (QED) is 0.379. The highest BCUT2D eigenvalue weighted by Gasteiger charge is 1.98. The van der Waals surface area contributed by atoms with Crippen LogP contribution in [-0.4, -0.2) is 36.0 Å². The van der Waals surface area contributed by atoms with Gasteiger partial charge in [-0.1, -0.05) is 12.8 Å². The fraction of sp³-hybridized carbons (Fsp3) is 0.500. The van der Waals surface area contributed by atoms with Crippen molar-refractivity contribution in [1.82, 2.24) is 20.6 Å². The minimum Gasteiger partial charge on any atom is -0.353 e. The van der Waals surface area contributed by atoms with Crippen LogP contribution < -0.4 is 21.9 Å². The number of rotatable bonds is 9. The van der Waals surface area contributed by atoms with E-state index in [2.05, 4.69) is 20.6 Å². The van der Waals surface area contributed by atoms with E-state index < -0.39 is 11.2 Å². The van der Waals surface area contributed by atoms with E-state index in [1.54, 1.807) is 0 Å². The summed E-state index contributed by atoms with van der Waals surface area (Å²) in [5, 5.41) is 5.84. The van der Waals surface area contributed by atoms with Crippen molar-refractivity contribution in [1.29, 1.82) is 0 Å². The predicted molar refractivity (Wildman–Crippen MR) is 82.1 cm³/mol. The van der Waals surface area contributed by atoms with Crippen molar-refractivity contribution >= 4 is 12.0 Å². The Labute approximate surface area is 122 Å². The summed E-state index contributed by atoms with van der Waals surface area (Å²) in [7, 11) is 1.93. The molecular weight excluding hydrogens is 272 g/mol. The van der Waals surface area contributed by atoms with Crippen LogP contribution in [0.4, 0.5) is 0 Å². The second-order valence-corrected chi connectivity index (χ2v) is 4.67. The first-order valence-corrected chi connectivity index (χ1v) is 7.06. The van der Waals surface area contributed by atoms with E-state index >= 15 is 0 Å². The van der Waals surface area contributed by atoms with Gasteiger partial charge in [0, 0.05) is 18.8 Å². The highest BCUT2D eigenvalue weighted by molar-refractivity contribution is 5.91. The summed E-state index contributed by atoms with van der Waals surface area (Å²) in [5.74, 6) is -0.254. The maximum absolute atomic E-state index is 11.5. The number of unbranched alkanes of at least 4 members (excludes halogenated alkanes) is 3. The number of aromatic amines is 2. The summed E-state index contributed by atoms with van der Waals surface area (Å²) in [5.41, 5.74) is -0.857. The van der Waals surface area contributed by atoms with E-state index in [0.29, 0.717) is 6.54 Å². The lowest BCUT2D eigenvalue weighted by atomic mass is 10.2. The van der Waals surface area contributed by atoms with Gasteiger partial charge in [-0.15, -0.1) is 0 Å². The topological polar surface area (TPSA) is 107 Å². The van der Waals surface area contributed by atoms with Crippen molar-refractivity contribution in [2.45, 2.75) is 25.7 Å². The third-order valence-electron chi connectivity index (χ3n) is 2.92. The van der Waals surface area contributed by atoms with E-state index in [1.807, 2.05) is 7.05 Å². The Morgan fingerprint density at radius 3 is 2.57 bits per heavy atom. The largest absolute Gasteiger partial charge is 0.353 e. The maximum Gasteiger partial charge on any atom is 0.325 e. The lowest BCUT2D eigenvalue weighted by Gasteiger charge is -2.02. The zero-order valence-corrected chi connectivity index (χ0v) is 12.2. The molecule has 7 nitrogen and oxygen atoms in total. The van der Waals surface area contributed by atoms with Crippen LogP contribution in [0.2, 0.25) is 0 Å². The molecule has 0 spiro atoms. The molecule has 1 heterocycles. The van der Waals surface area contributed by atoms with Gasteiger partial charge in [-0.25, -0.2) is 4.79 Å². The van der Waals surface area contributed by atoms with Crippen molar-refractivity contribution < 1.29 is 4.79 Å². The van der Waals surface area contributed by atoms with Crippen molar-refractivity contribution in [3.8, 4) is 0 Å². The van der Waals surface area contributed by atoms with Crippen LogP contribution >= 0.6 is 0 Å². The van der Waals surface area contributed by atoms with Gasteiger partial charge in [0.05, 0.1) is 5.56 Å². The molecule has 21 heavy (non-hydrogen) atoms. The Bertz CT molecular complexity index is 574. The zero-order chi connectivity index (χ0) is 15.5. The third kappa shape index (κ3) is 7.26. The molecule has 0 aliphatic rings. The van der Waals surface area contributed by atoms with Crippen LogP contribution in [0.1, 0.15) is 31.2 Å². The van der Waals surface area contributed by atoms with Gasteiger partial charge in [0.2, 0.25) is 5.91 Å². The molecule has 116 valence electrons. The Balaban J connectivity index is 2.25. The van der Waals surface area contributed by atoms with E-state index in [1.165, 1.54) is 18.3 Å². The predicted octanol–water partition coefficient (Wildman–Crippen LogP) is -0.0276. The highest BCUT2D eigenvalue weighted by atomic mass is 16.2. The molecule has 1 rings (SSSR count). The number of hydrogen-bond donors (Lipinski definition) is 4. The number of H-pyrrole nitrogens is 2. The average Bonchev–Trinajstić information content (AvgIpc) is 2.45. The molecule has 0 atom stereocenters. The molecule has 0 fully saturated rings. The molecule has 0 aliphatic heterocycles. The van der Waals surface area contributed by atoms with Gasteiger partial charge >= 0.3 is 5.69 Å². The first-order valence-electron chi connectivity index (χ1n) is 7.06. The van der Waals surface area contributed by atoms with Gasteiger partial charge in [-0.3, -0.25) is 14.6 Å². The maximum atomic E-state index is 11.5. The first-order chi connectivity index (χ1) is 10.1. The summed E-state index contributed by atoms with van der Waals surface area (Å²) in [6, 6.07) is 0. The molecule has 0 unspecified atom stereocenters. The molecule has 4 N–H and O–H groups in total. The van der Waals surface area contributed by atoms with Crippen molar-refractivity contribution in [3.63, 3.8) is 0 Å². The number of carbonyl (C=O) groups is 1. The Hall–Kier alpha value is -2.15. The van der Waals surface area contributed by atoms with Crippen molar-refractivity contribution in [2.24, 2.45) is 0 Å². The van der Waals surface area contributed by atoms with Crippen LogP contribution in [-0.2, 0) is 4.79 Å². The second-order valence-electron chi connectivity index (χ2n) is 4.67. The van der Waals surface area contributed by atoms with Crippen LogP contribution in [0, 0.1) is 0 Å². The van der Waals surface area contributed by atoms with Gasteiger partial charge in [0.1, 0.15) is 0 Å². The summed E-state index contributed by atoms with van der Waals surface area (Å²) < 4.78 is 0. The number of hydrogen-bond acceptors (Lipinski definition) is 4. The Morgan fingerprint density at radius 2 is 1.90 bits per heavy atom. The average molecular weight is 294 g/mol. The Morgan fingerprint density at radius 1 is 1.19 bits per heavy atom. The minimum atomic E-state index is -0.570. The SMILES string of the molecule is CNCCCCCCNC(=O)/C=C/c1c[nH]c(=O)[nH]c1=O. The van der Waals surface area contributed by atoms with E-state index in [-0.39, 0.29) is 11.5 Å². The fourth-order valence-corrected chi connectivity index (χ4v) is 1.76. The summed E-state index contributed by atoms with van der Waals surface area (Å²) >= 11 is 0. The highest BCUT2D eigenvalue weighted by Crippen LogP contribution is 1.97. The molecule has 0 saturated carbocycles. The summed E-state index contributed by atoms with van der Waals surface area (Å²) in [6.07, 6.45) is 8.21. The van der Waals surface area contributed by atoms with E-state index in [0.717, 1.165) is 32.2 Å². The summed E-state index contributed by atoms with van der Waals surface area (Å²) in [4.78, 5) is 38.2. The van der Waals surface area contributed by atoms with Gasteiger partial charge in [0.25, 0.3) is 5.56 Å². The molecule has 0 aromatic carbocycles. The number of aromatic nitrogens is 2. The molecule has 1 aromatic heterocycles. The molecule has 0 aliphatic carbocycles. The molecule has 0 radical (unpaired) electrons. The minimum absolute atomic E-state index is 0.233. The lowest BCUT2D eigenvalue weighted by molar-refractivity contribution is -0.116. The number of amides is 1. The summed E-state index contributed by atoms with van der Waals surface area (Å²) in [6.45, 7) is 1.63. The third-order valence-corrected chi connectivity index (χ3v) is 2.92. The van der Waals surface area contributed by atoms with Crippen LogP contribution in [0.5, 0.6) is 0 Å². The van der Waals surface area contributed by atoms with Gasteiger partial charge in [-0.2, -0.15) is 0 Å². The molecule has 0 saturated heterocycles. The molecular formula is C14H22N4O3. The molecule has 0 bridgehead atoms. The van der Waals surface area contributed by atoms with Gasteiger partial charge in [0.15, 0.2) is 0 Å². The van der Waals surface area contributed by atoms with E-state index in [4.69, 9.17) is 0 Å². The molecule has 1 aromatic rings. The molecule has 1 amide bonds. The lowest BCUT2D eigenvalue weighted by Crippen LogP contribution is -2.24. The monoisotopic (exact) mass is 294 g/mol. The van der Waals surface area contributed by atoms with Gasteiger partial charge < -0.3 is 15.6 Å². The van der Waals surface area contributed by atoms with Gasteiger partial charge in [-0.05, 0) is 32.5 Å². The standard InChI is InChI=1S/C14H22N4O3/c1-15-8-4-2-3-5-9-16-12(19)7-6-11-10-17-14(21)18-13(11)20/h6-7,10,15H,2-5,8-9H2,1H3,(H,16,19)(H2,17,18,20,21)/b7-6+. The second kappa shape index (κ2) is 9.71. The smallest absolute Gasteiger partial charge is 0.325 e. The van der Waals surface area contributed by atoms with Crippen molar-refractivity contribution in [2.75, 3.05) is 20.1 Å².